The van der Waals surface area contributed by atoms with Crippen LogP contribution in [0.15, 0.2) is 41.1 Å². The molecule has 0 saturated carbocycles. The van der Waals surface area contributed by atoms with E-state index < -0.39 is 0 Å². The highest BCUT2D eigenvalue weighted by molar-refractivity contribution is 9.10. The molecule has 0 fully saturated rings. The Morgan fingerprint density at radius 1 is 1.17 bits per heavy atom. The molecule has 0 radical (unpaired) electrons. The largest absolute Gasteiger partial charge is 0.486 e. The number of rotatable bonds is 5. The first-order chi connectivity index (χ1) is 11.2. The quantitative estimate of drug-likeness (QED) is 0.810. The standard InChI is InChI=1S/C17H17BrN2O3/c18-16-7-5-13(11-19-16)20-17(21)3-1-2-12-4-6-14-15(10-12)23-9-8-22-14/h4-7,10-11H,1-3,8-9H2,(H,20,21). The number of nitrogens with one attached hydrogen (secondary N) is 1. The molecule has 0 spiro atoms. The van der Waals surface area contributed by atoms with Crippen molar-refractivity contribution in [2.45, 2.75) is 19.3 Å². The Kier molecular flexibility index (Phi) is 5.12. The summed E-state index contributed by atoms with van der Waals surface area (Å²) in [6.45, 7) is 1.18. The maximum atomic E-state index is 11.9. The molecular formula is C17H17BrN2O3. The van der Waals surface area contributed by atoms with Gasteiger partial charge in [-0.05, 0) is 58.6 Å². The molecule has 3 rings (SSSR count). The van der Waals surface area contributed by atoms with E-state index >= 15 is 0 Å². The van der Waals surface area contributed by atoms with Crippen LogP contribution in [-0.4, -0.2) is 24.1 Å². The van der Waals surface area contributed by atoms with Crippen molar-refractivity contribution in [1.82, 2.24) is 4.98 Å². The van der Waals surface area contributed by atoms with E-state index in [0.717, 1.165) is 34.5 Å². The smallest absolute Gasteiger partial charge is 0.224 e. The third kappa shape index (κ3) is 4.45. The monoisotopic (exact) mass is 376 g/mol. The first-order valence-electron chi connectivity index (χ1n) is 7.51. The van der Waals surface area contributed by atoms with Crippen LogP contribution in [0.4, 0.5) is 5.69 Å². The molecule has 0 bridgehead atoms. The lowest BCUT2D eigenvalue weighted by molar-refractivity contribution is -0.116. The number of carbonyl (C=O) groups is 1. The van der Waals surface area contributed by atoms with Gasteiger partial charge in [-0.2, -0.15) is 0 Å². The van der Waals surface area contributed by atoms with Gasteiger partial charge >= 0.3 is 0 Å². The molecule has 1 amide bonds. The van der Waals surface area contributed by atoms with E-state index in [1.165, 1.54) is 0 Å². The van der Waals surface area contributed by atoms with Crippen molar-refractivity contribution in [3.8, 4) is 11.5 Å². The Labute approximate surface area is 143 Å². The first kappa shape index (κ1) is 15.8. The fourth-order valence-electron chi connectivity index (χ4n) is 2.37. The van der Waals surface area contributed by atoms with Crippen molar-refractivity contribution in [2.24, 2.45) is 0 Å². The Morgan fingerprint density at radius 3 is 2.78 bits per heavy atom. The zero-order valence-electron chi connectivity index (χ0n) is 12.5. The van der Waals surface area contributed by atoms with Crippen molar-refractivity contribution >= 4 is 27.5 Å². The summed E-state index contributed by atoms with van der Waals surface area (Å²) in [5.74, 6) is 1.58. The maximum absolute atomic E-state index is 11.9. The van der Waals surface area contributed by atoms with Crippen molar-refractivity contribution in [3.63, 3.8) is 0 Å². The molecule has 5 nitrogen and oxygen atoms in total. The van der Waals surface area contributed by atoms with E-state index in [2.05, 4.69) is 26.2 Å². The number of halogens is 1. The first-order valence-corrected chi connectivity index (χ1v) is 8.30. The highest BCUT2D eigenvalue weighted by atomic mass is 79.9. The fourth-order valence-corrected chi connectivity index (χ4v) is 2.60. The van der Waals surface area contributed by atoms with Gasteiger partial charge in [0.05, 0.1) is 11.9 Å². The number of ether oxygens (including phenoxy) is 2. The van der Waals surface area contributed by atoms with E-state index in [1.807, 2.05) is 24.3 Å². The predicted octanol–water partition coefficient (Wildman–Crippen LogP) is 3.58. The van der Waals surface area contributed by atoms with Crippen LogP contribution in [0.5, 0.6) is 11.5 Å². The Bertz CT molecular complexity index is 689. The molecule has 23 heavy (non-hydrogen) atoms. The number of amides is 1. The van der Waals surface area contributed by atoms with E-state index in [-0.39, 0.29) is 5.91 Å². The number of carbonyl (C=O) groups excluding carboxylic acids is 1. The second kappa shape index (κ2) is 7.46. The minimum Gasteiger partial charge on any atom is -0.486 e. The number of aromatic nitrogens is 1. The van der Waals surface area contributed by atoms with Crippen LogP contribution in [0.1, 0.15) is 18.4 Å². The molecule has 1 aliphatic heterocycles. The molecule has 6 heteroatoms. The summed E-state index contributed by atoms with van der Waals surface area (Å²) in [6, 6.07) is 9.55. The summed E-state index contributed by atoms with van der Waals surface area (Å²) < 4.78 is 11.8. The average Bonchev–Trinajstić information content (AvgIpc) is 2.57. The van der Waals surface area contributed by atoms with Crippen LogP contribution in [0, 0.1) is 0 Å². The Morgan fingerprint density at radius 2 is 2.00 bits per heavy atom. The van der Waals surface area contributed by atoms with Gasteiger partial charge < -0.3 is 14.8 Å². The number of aryl methyl sites for hydroxylation is 1. The van der Waals surface area contributed by atoms with Crippen LogP contribution in [0.2, 0.25) is 0 Å². The summed E-state index contributed by atoms with van der Waals surface area (Å²) >= 11 is 3.26. The van der Waals surface area contributed by atoms with Crippen LogP contribution in [0.25, 0.3) is 0 Å². The molecule has 2 heterocycles. The van der Waals surface area contributed by atoms with Crippen LogP contribution in [0.3, 0.4) is 0 Å². The summed E-state index contributed by atoms with van der Waals surface area (Å²) in [7, 11) is 0. The number of fused-ring (bicyclic) bond motifs is 1. The summed E-state index contributed by atoms with van der Waals surface area (Å²) in [6.07, 6.45) is 3.69. The maximum Gasteiger partial charge on any atom is 0.224 e. The highest BCUT2D eigenvalue weighted by Crippen LogP contribution is 2.31. The van der Waals surface area contributed by atoms with E-state index in [1.54, 1.807) is 12.3 Å². The van der Waals surface area contributed by atoms with Crippen LogP contribution < -0.4 is 14.8 Å². The second-order valence-corrected chi connectivity index (χ2v) is 6.06. The Hall–Kier alpha value is -2.08. The minimum absolute atomic E-state index is 0.00772. The molecule has 120 valence electrons. The average molecular weight is 377 g/mol. The van der Waals surface area contributed by atoms with Gasteiger partial charge in [-0.25, -0.2) is 4.98 Å². The number of nitrogens with zero attached hydrogens (tertiary/aromatic N) is 1. The van der Waals surface area contributed by atoms with E-state index in [9.17, 15) is 4.79 Å². The van der Waals surface area contributed by atoms with Gasteiger partial charge in [0.25, 0.3) is 0 Å². The van der Waals surface area contributed by atoms with Crippen molar-refractivity contribution in [3.05, 3.63) is 46.7 Å². The zero-order chi connectivity index (χ0) is 16.1. The molecule has 1 aromatic heterocycles. The topological polar surface area (TPSA) is 60.5 Å². The van der Waals surface area contributed by atoms with E-state index in [0.29, 0.717) is 25.3 Å². The van der Waals surface area contributed by atoms with Gasteiger partial charge in [0.2, 0.25) is 5.91 Å². The SMILES string of the molecule is O=C(CCCc1ccc2c(c1)OCCO2)Nc1ccc(Br)nc1. The number of anilines is 1. The number of benzene rings is 1. The number of pyridine rings is 1. The molecule has 0 aliphatic carbocycles. The van der Waals surface area contributed by atoms with Crippen molar-refractivity contribution in [1.29, 1.82) is 0 Å². The highest BCUT2D eigenvalue weighted by Gasteiger charge is 2.11. The van der Waals surface area contributed by atoms with Gasteiger partial charge in [0.15, 0.2) is 11.5 Å². The number of hydrogen-bond donors (Lipinski definition) is 1. The third-order valence-corrected chi connectivity index (χ3v) is 3.96. The summed E-state index contributed by atoms with van der Waals surface area (Å²) in [4.78, 5) is 16.0. The molecule has 0 saturated heterocycles. The van der Waals surface area contributed by atoms with Gasteiger partial charge in [-0.3, -0.25) is 4.79 Å². The minimum atomic E-state index is -0.00772. The molecule has 1 N–H and O–H groups in total. The molecular weight excluding hydrogens is 360 g/mol. The normalized spacial score (nSPS) is 12.7. The lowest BCUT2D eigenvalue weighted by Crippen LogP contribution is -2.15. The molecule has 1 aromatic carbocycles. The summed E-state index contributed by atoms with van der Waals surface area (Å²) in [5.41, 5.74) is 1.85. The Balaban J connectivity index is 1.47. The zero-order valence-corrected chi connectivity index (χ0v) is 14.1. The van der Waals surface area contributed by atoms with Crippen molar-refractivity contribution in [2.75, 3.05) is 18.5 Å². The van der Waals surface area contributed by atoms with Gasteiger partial charge in [-0.15, -0.1) is 0 Å². The van der Waals surface area contributed by atoms with Crippen LogP contribution in [-0.2, 0) is 11.2 Å². The fraction of sp³-hybridized carbons (Fsp3) is 0.294. The lowest BCUT2D eigenvalue weighted by atomic mass is 10.1. The predicted molar refractivity (Wildman–Crippen MR) is 90.9 cm³/mol. The van der Waals surface area contributed by atoms with Gasteiger partial charge in [0, 0.05) is 6.42 Å². The van der Waals surface area contributed by atoms with E-state index in [4.69, 9.17) is 9.47 Å². The number of hydrogen-bond acceptors (Lipinski definition) is 4. The lowest BCUT2D eigenvalue weighted by Gasteiger charge is -2.18. The van der Waals surface area contributed by atoms with Crippen LogP contribution >= 0.6 is 15.9 Å². The summed E-state index contributed by atoms with van der Waals surface area (Å²) in [5, 5.41) is 2.84. The third-order valence-electron chi connectivity index (χ3n) is 3.49. The molecule has 0 unspecified atom stereocenters. The molecule has 0 atom stereocenters. The second-order valence-electron chi connectivity index (χ2n) is 5.25. The molecule has 1 aliphatic rings. The van der Waals surface area contributed by atoms with Crippen molar-refractivity contribution < 1.29 is 14.3 Å². The van der Waals surface area contributed by atoms with Gasteiger partial charge in [-0.1, -0.05) is 6.07 Å². The molecule has 2 aromatic rings. The van der Waals surface area contributed by atoms with Gasteiger partial charge in [0.1, 0.15) is 17.8 Å².